The third-order valence-electron chi connectivity index (χ3n) is 4.55. The Morgan fingerprint density at radius 3 is 2.81 bits per heavy atom. The smallest absolute Gasteiger partial charge is 0.266 e. The highest BCUT2D eigenvalue weighted by Gasteiger charge is 2.38. The number of halogens is 1. The van der Waals surface area contributed by atoms with Crippen molar-refractivity contribution >= 4 is 40.7 Å². The molecule has 0 aromatic heterocycles. The molecule has 8 N–H and O–H groups in total. The normalized spacial score (nSPS) is 19.6. The molecule has 12 heteroatoms. The Hall–Kier alpha value is -2.73. The molecule has 1 heterocycles. The highest BCUT2D eigenvalue weighted by atomic mass is 35.5. The van der Waals surface area contributed by atoms with E-state index in [9.17, 15) is 9.90 Å². The second-order valence-electron chi connectivity index (χ2n) is 6.89. The fourth-order valence-corrected chi connectivity index (χ4v) is 3.10. The number of alkyl halides is 1. The molecule has 1 amide bonds. The summed E-state index contributed by atoms with van der Waals surface area (Å²) >= 11 is 6.08. The van der Waals surface area contributed by atoms with E-state index in [0.29, 0.717) is 18.0 Å². The van der Waals surface area contributed by atoms with E-state index >= 15 is 0 Å². The zero-order valence-electron chi connectivity index (χ0n) is 17.2. The van der Waals surface area contributed by atoms with Crippen LogP contribution in [-0.4, -0.2) is 76.1 Å². The number of carbonyl (C=O) groups excluding carboxylic acids is 1. The van der Waals surface area contributed by atoms with E-state index in [1.165, 1.54) is 0 Å². The molecule has 0 saturated heterocycles. The van der Waals surface area contributed by atoms with Gasteiger partial charge < -0.3 is 31.3 Å². The van der Waals surface area contributed by atoms with Crippen LogP contribution in [0.25, 0.3) is 0 Å². The lowest BCUT2D eigenvalue weighted by Gasteiger charge is -2.39. The number of unbranched alkanes of at least 4 members (excludes halogenated alkanes) is 1. The molecule has 0 saturated carbocycles. The molecule has 0 aliphatic carbocycles. The van der Waals surface area contributed by atoms with Gasteiger partial charge in [0, 0.05) is 18.3 Å². The molecular formula is C19H28ClN7O4. The van der Waals surface area contributed by atoms with Gasteiger partial charge in [-0.05, 0) is 18.6 Å². The first-order valence-electron chi connectivity index (χ1n) is 9.73. The average molecular weight is 454 g/mol. The van der Waals surface area contributed by atoms with E-state index in [-0.39, 0.29) is 24.1 Å². The maximum absolute atomic E-state index is 11.7. The van der Waals surface area contributed by atoms with Crippen molar-refractivity contribution in [1.82, 2.24) is 4.90 Å². The van der Waals surface area contributed by atoms with Gasteiger partial charge in [0.1, 0.15) is 36.2 Å². The highest BCUT2D eigenvalue weighted by molar-refractivity contribution is 6.45. The van der Waals surface area contributed by atoms with E-state index < -0.39 is 30.3 Å². The van der Waals surface area contributed by atoms with Gasteiger partial charge in [0.05, 0.1) is 6.61 Å². The molecule has 2 rings (SSSR count). The predicted octanol–water partition coefficient (Wildman–Crippen LogP) is 0.0287. The van der Waals surface area contributed by atoms with Crippen molar-refractivity contribution in [3.63, 3.8) is 0 Å². The SMILES string of the molecule is CCCCN(C(=N)N1C(=N)C(Cl)N=C(C(N)=O)C1N)c1cccc(OCC(O)CO)c1. The van der Waals surface area contributed by atoms with Crippen LogP contribution in [0.3, 0.4) is 0 Å². The molecule has 0 bridgehead atoms. The number of aliphatic hydroxyl groups excluding tert-OH is 2. The van der Waals surface area contributed by atoms with E-state index in [1.807, 2.05) is 6.92 Å². The number of anilines is 1. The standard InChI is InChI=1S/C19H28ClN7O4/c1-2-3-7-26(11-5-4-6-13(8-11)31-10-12(29)9-28)19(24)27-16(21)14(18(23)30)25-15(20)17(27)22/h4-6,8,12,15-16,22,24,28-29H,2-3,7,9-10,21H2,1H3,(H2,23,30). The number of aliphatic hydroxyl groups is 2. The Kier molecular flexibility index (Phi) is 8.75. The number of rotatable bonds is 9. The monoisotopic (exact) mass is 453 g/mol. The maximum Gasteiger partial charge on any atom is 0.266 e. The number of benzene rings is 1. The zero-order chi connectivity index (χ0) is 23.1. The number of hydrogen-bond acceptors (Lipinski definition) is 8. The maximum atomic E-state index is 11.7. The summed E-state index contributed by atoms with van der Waals surface area (Å²) in [5, 5.41) is 35.5. The molecule has 3 unspecified atom stereocenters. The van der Waals surface area contributed by atoms with Gasteiger partial charge in [0.2, 0.25) is 5.96 Å². The van der Waals surface area contributed by atoms with Gasteiger partial charge >= 0.3 is 0 Å². The van der Waals surface area contributed by atoms with Gasteiger partial charge in [-0.1, -0.05) is 31.0 Å². The van der Waals surface area contributed by atoms with E-state index in [0.717, 1.165) is 17.7 Å². The molecule has 1 aliphatic heterocycles. The van der Waals surface area contributed by atoms with Gasteiger partial charge in [0.25, 0.3) is 5.91 Å². The minimum Gasteiger partial charge on any atom is -0.491 e. The number of primary amides is 1. The van der Waals surface area contributed by atoms with E-state index in [1.54, 1.807) is 29.2 Å². The summed E-state index contributed by atoms with van der Waals surface area (Å²) in [6.07, 6.45) is -0.667. The summed E-state index contributed by atoms with van der Waals surface area (Å²) in [4.78, 5) is 18.3. The average Bonchev–Trinajstić information content (AvgIpc) is 2.75. The van der Waals surface area contributed by atoms with Crippen molar-refractivity contribution < 1.29 is 19.7 Å². The van der Waals surface area contributed by atoms with E-state index in [4.69, 9.17) is 43.7 Å². The van der Waals surface area contributed by atoms with Gasteiger partial charge in [-0.3, -0.25) is 25.5 Å². The molecule has 1 aromatic carbocycles. The number of nitrogens with zero attached hydrogens (tertiary/aromatic N) is 3. The Bertz CT molecular complexity index is 850. The molecular weight excluding hydrogens is 426 g/mol. The molecule has 31 heavy (non-hydrogen) atoms. The molecule has 1 aliphatic rings. The number of guanidine groups is 1. The third-order valence-corrected chi connectivity index (χ3v) is 4.85. The molecule has 0 fully saturated rings. The summed E-state index contributed by atoms with van der Waals surface area (Å²) in [7, 11) is 0. The summed E-state index contributed by atoms with van der Waals surface area (Å²) in [6.45, 7) is 1.90. The number of hydrogen-bond donors (Lipinski definition) is 6. The largest absolute Gasteiger partial charge is 0.491 e. The van der Waals surface area contributed by atoms with Crippen molar-refractivity contribution in [3.8, 4) is 5.75 Å². The van der Waals surface area contributed by atoms with Crippen LogP contribution < -0.4 is 21.1 Å². The third kappa shape index (κ3) is 5.91. The van der Waals surface area contributed by atoms with Crippen molar-refractivity contribution in [1.29, 1.82) is 10.8 Å². The summed E-state index contributed by atoms with van der Waals surface area (Å²) in [5.41, 5.74) is 10.6. The first kappa shape index (κ1) is 24.5. The lowest BCUT2D eigenvalue weighted by molar-refractivity contribution is -0.112. The first-order valence-corrected chi connectivity index (χ1v) is 10.2. The lowest BCUT2D eigenvalue weighted by atomic mass is 10.2. The summed E-state index contributed by atoms with van der Waals surface area (Å²) < 4.78 is 5.50. The van der Waals surface area contributed by atoms with Crippen molar-refractivity contribution in [2.45, 2.75) is 37.5 Å². The highest BCUT2D eigenvalue weighted by Crippen LogP contribution is 2.25. The van der Waals surface area contributed by atoms with Gasteiger partial charge in [0.15, 0.2) is 5.50 Å². The van der Waals surface area contributed by atoms with Crippen LogP contribution >= 0.6 is 11.6 Å². The number of carbonyl (C=O) groups is 1. The van der Waals surface area contributed by atoms with Crippen molar-refractivity contribution in [2.75, 3.05) is 24.7 Å². The quantitative estimate of drug-likeness (QED) is 0.132. The molecule has 170 valence electrons. The van der Waals surface area contributed by atoms with Gasteiger partial charge in [-0.2, -0.15) is 0 Å². The zero-order valence-corrected chi connectivity index (χ0v) is 17.9. The fraction of sp³-hybridized carbons (Fsp3) is 0.474. The Balaban J connectivity index is 2.35. The second-order valence-corrected chi connectivity index (χ2v) is 7.30. The van der Waals surface area contributed by atoms with Crippen LogP contribution in [0.4, 0.5) is 5.69 Å². The molecule has 0 spiro atoms. The Morgan fingerprint density at radius 2 is 2.19 bits per heavy atom. The van der Waals surface area contributed by atoms with Crippen LogP contribution in [0.5, 0.6) is 5.75 Å². The first-order chi connectivity index (χ1) is 14.7. The Labute approximate surface area is 185 Å². The minimum absolute atomic E-state index is 0.0969. The lowest BCUT2D eigenvalue weighted by Crippen LogP contribution is -2.64. The topological polar surface area (TPSA) is 185 Å². The van der Waals surface area contributed by atoms with Crippen LogP contribution in [0.2, 0.25) is 0 Å². The number of amidine groups is 1. The van der Waals surface area contributed by atoms with E-state index in [2.05, 4.69) is 4.99 Å². The molecule has 11 nitrogen and oxygen atoms in total. The number of aliphatic imine (C=N–C) groups is 1. The van der Waals surface area contributed by atoms with Gasteiger partial charge in [-0.25, -0.2) is 0 Å². The van der Waals surface area contributed by atoms with Crippen LogP contribution in [0, 0.1) is 10.8 Å². The van der Waals surface area contributed by atoms with Crippen LogP contribution in [0.15, 0.2) is 29.3 Å². The fourth-order valence-electron chi connectivity index (χ4n) is 2.89. The van der Waals surface area contributed by atoms with Crippen LogP contribution in [-0.2, 0) is 4.79 Å². The molecule has 0 radical (unpaired) electrons. The molecule has 3 atom stereocenters. The number of nitrogens with two attached hydrogens (primary N) is 2. The predicted molar refractivity (Wildman–Crippen MR) is 119 cm³/mol. The van der Waals surface area contributed by atoms with Gasteiger partial charge in [-0.15, -0.1) is 0 Å². The van der Waals surface area contributed by atoms with Crippen molar-refractivity contribution in [2.24, 2.45) is 16.5 Å². The second kappa shape index (κ2) is 11.0. The Morgan fingerprint density at radius 1 is 1.48 bits per heavy atom. The minimum atomic E-state index is -1.23. The number of nitrogens with one attached hydrogen (secondary N) is 2. The van der Waals surface area contributed by atoms with Crippen molar-refractivity contribution in [3.05, 3.63) is 24.3 Å². The summed E-state index contributed by atoms with van der Waals surface area (Å²) in [6, 6.07) is 6.80. The number of amides is 1. The molecule has 1 aromatic rings. The van der Waals surface area contributed by atoms with Crippen LogP contribution in [0.1, 0.15) is 19.8 Å². The summed E-state index contributed by atoms with van der Waals surface area (Å²) in [5.74, 6) is -0.866. The number of ether oxygens (including phenoxy) is 1.